The lowest BCUT2D eigenvalue weighted by atomic mass is 10.0. The largest absolute Gasteiger partial charge is 0.480 e. The molecule has 0 aliphatic carbocycles. The summed E-state index contributed by atoms with van der Waals surface area (Å²) in [4.78, 5) is 35.9. The number of nitrogens with zero attached hydrogens (tertiary/aromatic N) is 1. The average Bonchev–Trinajstić information content (AvgIpc) is 2.76. The highest BCUT2D eigenvalue weighted by Crippen LogP contribution is 2.38. The summed E-state index contributed by atoms with van der Waals surface area (Å²) < 4.78 is 0. The van der Waals surface area contributed by atoms with Gasteiger partial charge in [-0.25, -0.2) is 4.79 Å². The first-order valence-electron chi connectivity index (χ1n) is 6.50. The second kappa shape index (κ2) is 4.63. The molecule has 0 radical (unpaired) electrons. The minimum atomic E-state index is -1.02. The quantitative estimate of drug-likeness (QED) is 0.765. The first-order valence-corrected chi connectivity index (χ1v) is 6.50. The van der Waals surface area contributed by atoms with Crippen LogP contribution in [0, 0.1) is 0 Å². The van der Waals surface area contributed by atoms with Crippen molar-refractivity contribution in [2.75, 3.05) is 4.90 Å². The highest BCUT2D eigenvalue weighted by molar-refractivity contribution is 6.06. The molecule has 2 aliphatic rings. The molecule has 1 aromatic rings. The maximum Gasteiger partial charge on any atom is 0.327 e. The van der Waals surface area contributed by atoms with E-state index < -0.39 is 18.1 Å². The van der Waals surface area contributed by atoms with Gasteiger partial charge in [0.05, 0.1) is 5.69 Å². The van der Waals surface area contributed by atoms with Crippen LogP contribution in [-0.4, -0.2) is 35.5 Å². The van der Waals surface area contributed by atoms with E-state index in [1.54, 1.807) is 0 Å². The van der Waals surface area contributed by atoms with Crippen LogP contribution in [0.4, 0.5) is 5.69 Å². The molecule has 6 heteroatoms. The van der Waals surface area contributed by atoms with Gasteiger partial charge in [-0.3, -0.25) is 14.5 Å². The molecule has 20 heavy (non-hydrogen) atoms. The van der Waals surface area contributed by atoms with Gasteiger partial charge in [0.1, 0.15) is 12.1 Å². The number of anilines is 1. The number of carboxylic acids is 1. The SMILES string of the molecule is O=CNC1CCc2cccc3c2N(C1=O)C(C(=O)O)C3. The predicted octanol–water partition coefficient (Wildman–Crippen LogP) is 0.0897. The summed E-state index contributed by atoms with van der Waals surface area (Å²) in [6, 6.07) is 4.11. The predicted molar refractivity (Wildman–Crippen MR) is 70.4 cm³/mol. The second-order valence-electron chi connectivity index (χ2n) is 5.07. The van der Waals surface area contributed by atoms with Gasteiger partial charge in [-0.1, -0.05) is 18.2 Å². The molecule has 0 fully saturated rings. The highest BCUT2D eigenvalue weighted by atomic mass is 16.4. The monoisotopic (exact) mass is 274 g/mol. The zero-order valence-corrected chi connectivity index (χ0v) is 10.7. The van der Waals surface area contributed by atoms with Gasteiger partial charge in [0.15, 0.2) is 0 Å². The van der Waals surface area contributed by atoms with Gasteiger partial charge >= 0.3 is 5.97 Å². The van der Waals surface area contributed by atoms with E-state index in [4.69, 9.17) is 0 Å². The van der Waals surface area contributed by atoms with E-state index >= 15 is 0 Å². The lowest BCUT2D eigenvalue weighted by Crippen LogP contribution is -2.50. The topological polar surface area (TPSA) is 86.7 Å². The maximum absolute atomic E-state index is 12.5. The Hall–Kier alpha value is -2.37. The summed E-state index contributed by atoms with van der Waals surface area (Å²) in [5.74, 6) is -1.36. The van der Waals surface area contributed by atoms with Crippen LogP contribution in [0.1, 0.15) is 17.5 Å². The Balaban J connectivity index is 2.10. The number of carbonyl (C=O) groups excluding carboxylic acids is 2. The molecule has 3 rings (SSSR count). The molecular formula is C14H14N2O4. The molecule has 2 amide bonds. The number of aryl methyl sites for hydroxylation is 1. The molecule has 0 saturated heterocycles. The van der Waals surface area contributed by atoms with Crippen molar-refractivity contribution < 1.29 is 19.5 Å². The molecule has 0 bridgehead atoms. The van der Waals surface area contributed by atoms with Gasteiger partial charge in [0.2, 0.25) is 12.3 Å². The van der Waals surface area contributed by atoms with Crippen molar-refractivity contribution in [1.29, 1.82) is 0 Å². The molecule has 0 spiro atoms. The third-order valence-corrected chi connectivity index (χ3v) is 3.96. The Morgan fingerprint density at radius 2 is 2.15 bits per heavy atom. The lowest BCUT2D eigenvalue weighted by molar-refractivity contribution is -0.140. The number of para-hydroxylation sites is 1. The number of hydrogen-bond donors (Lipinski definition) is 2. The summed E-state index contributed by atoms with van der Waals surface area (Å²) >= 11 is 0. The normalized spacial score (nSPS) is 24.0. The summed E-state index contributed by atoms with van der Waals surface area (Å²) in [5, 5.41) is 11.8. The third kappa shape index (κ3) is 1.76. The Kier molecular flexibility index (Phi) is 2.93. The molecule has 6 nitrogen and oxygen atoms in total. The molecule has 2 aliphatic heterocycles. The van der Waals surface area contributed by atoms with Crippen molar-refractivity contribution in [1.82, 2.24) is 5.32 Å². The van der Waals surface area contributed by atoms with Crippen LogP contribution >= 0.6 is 0 Å². The molecular weight excluding hydrogens is 260 g/mol. The zero-order valence-electron chi connectivity index (χ0n) is 10.7. The molecule has 1 aromatic carbocycles. The van der Waals surface area contributed by atoms with Crippen molar-refractivity contribution in [3.8, 4) is 0 Å². The fourth-order valence-corrected chi connectivity index (χ4v) is 3.07. The van der Waals surface area contributed by atoms with E-state index in [1.165, 1.54) is 4.90 Å². The summed E-state index contributed by atoms with van der Waals surface area (Å²) in [5.41, 5.74) is 2.57. The van der Waals surface area contributed by atoms with Crippen LogP contribution in [0.15, 0.2) is 18.2 Å². The first-order chi connectivity index (χ1) is 9.63. The number of hydrogen-bond acceptors (Lipinski definition) is 3. The summed E-state index contributed by atoms with van der Waals surface area (Å²) in [7, 11) is 0. The minimum absolute atomic E-state index is 0.318. The average molecular weight is 274 g/mol. The van der Waals surface area contributed by atoms with Crippen molar-refractivity contribution in [3.05, 3.63) is 29.3 Å². The van der Waals surface area contributed by atoms with Crippen LogP contribution in [0.5, 0.6) is 0 Å². The van der Waals surface area contributed by atoms with Gasteiger partial charge in [0.25, 0.3) is 0 Å². The molecule has 2 unspecified atom stereocenters. The molecule has 2 atom stereocenters. The van der Waals surface area contributed by atoms with E-state index in [0.29, 0.717) is 25.7 Å². The van der Waals surface area contributed by atoms with E-state index in [0.717, 1.165) is 16.8 Å². The van der Waals surface area contributed by atoms with E-state index in [9.17, 15) is 19.5 Å². The molecule has 2 N–H and O–H groups in total. The van der Waals surface area contributed by atoms with Crippen LogP contribution in [0.2, 0.25) is 0 Å². The Morgan fingerprint density at radius 3 is 2.85 bits per heavy atom. The fourth-order valence-electron chi connectivity index (χ4n) is 3.07. The van der Waals surface area contributed by atoms with Crippen molar-refractivity contribution in [2.24, 2.45) is 0 Å². The highest BCUT2D eigenvalue weighted by Gasteiger charge is 2.43. The standard InChI is InChI=1S/C14H14N2O4/c17-7-15-10-5-4-8-2-1-3-9-6-11(14(19)20)16(12(8)9)13(10)18/h1-3,7,10-11H,4-6H2,(H,15,17)(H,19,20). The van der Waals surface area contributed by atoms with Crippen molar-refractivity contribution >= 4 is 24.0 Å². The molecule has 2 heterocycles. The minimum Gasteiger partial charge on any atom is -0.480 e. The van der Waals surface area contributed by atoms with Gasteiger partial charge < -0.3 is 10.4 Å². The van der Waals surface area contributed by atoms with Crippen LogP contribution < -0.4 is 10.2 Å². The van der Waals surface area contributed by atoms with Gasteiger partial charge in [-0.15, -0.1) is 0 Å². The molecule has 104 valence electrons. The van der Waals surface area contributed by atoms with Gasteiger partial charge in [-0.2, -0.15) is 0 Å². The maximum atomic E-state index is 12.5. The number of carbonyl (C=O) groups is 3. The second-order valence-corrected chi connectivity index (χ2v) is 5.07. The number of benzene rings is 1. The fraction of sp³-hybridized carbons (Fsp3) is 0.357. The molecule has 0 saturated carbocycles. The van der Waals surface area contributed by atoms with Crippen LogP contribution in [0.3, 0.4) is 0 Å². The molecule has 0 aromatic heterocycles. The number of rotatable bonds is 3. The summed E-state index contributed by atoms with van der Waals surface area (Å²) in [6.45, 7) is 0. The van der Waals surface area contributed by atoms with Crippen molar-refractivity contribution in [3.63, 3.8) is 0 Å². The number of amides is 2. The van der Waals surface area contributed by atoms with E-state index in [-0.39, 0.29) is 5.91 Å². The van der Waals surface area contributed by atoms with Crippen LogP contribution in [0.25, 0.3) is 0 Å². The Labute approximate surface area is 115 Å². The zero-order chi connectivity index (χ0) is 14.3. The van der Waals surface area contributed by atoms with Crippen LogP contribution in [-0.2, 0) is 27.2 Å². The Bertz CT molecular complexity index is 599. The number of nitrogens with one attached hydrogen (secondary N) is 1. The van der Waals surface area contributed by atoms with Gasteiger partial charge in [-0.05, 0) is 24.0 Å². The smallest absolute Gasteiger partial charge is 0.327 e. The van der Waals surface area contributed by atoms with Crippen molar-refractivity contribution in [2.45, 2.75) is 31.3 Å². The summed E-state index contributed by atoms with van der Waals surface area (Å²) in [6.07, 6.45) is 1.93. The van der Waals surface area contributed by atoms with Gasteiger partial charge in [0, 0.05) is 6.42 Å². The lowest BCUT2D eigenvalue weighted by Gasteiger charge is -2.25. The van der Waals surface area contributed by atoms with E-state index in [1.807, 2.05) is 18.2 Å². The number of carboxylic acid groups (broad SMARTS) is 1. The number of aliphatic carboxylic acids is 1. The first kappa shape index (κ1) is 12.7. The third-order valence-electron chi connectivity index (χ3n) is 3.96. The van der Waals surface area contributed by atoms with E-state index in [2.05, 4.69) is 5.32 Å². The Morgan fingerprint density at radius 1 is 1.40 bits per heavy atom.